The molecule has 0 fully saturated rings. The number of amides is 1. The highest BCUT2D eigenvalue weighted by Gasteiger charge is 2.30. The number of alkyl halides is 2. The maximum Gasteiger partial charge on any atom is 0.307 e. The number of ether oxygens (including phenoxy) is 2. The molecule has 12 heteroatoms. The number of esters is 1. The second kappa shape index (κ2) is 18.0. The predicted octanol–water partition coefficient (Wildman–Crippen LogP) is 3.46. The molecule has 1 aromatic rings. The van der Waals surface area contributed by atoms with Gasteiger partial charge in [-0.15, -0.1) is 0 Å². The molecule has 0 radical (unpaired) electrons. The van der Waals surface area contributed by atoms with Crippen LogP contribution in [0.4, 0.5) is 0 Å². The Morgan fingerprint density at radius 2 is 1.50 bits per heavy atom. The number of carbonyl (C=O) groups is 2. The SMILES string of the molecule is C=C(CCNC(=C)C(C)N)OC(c1ccc(S(=C)C)cc1)C(COC(=O)CCNC(=C)C(C)N)NC(=O)C(Cl)Cl. The van der Waals surface area contributed by atoms with Gasteiger partial charge in [-0.1, -0.05) is 60.9 Å². The molecule has 40 heavy (non-hydrogen) atoms. The molecule has 1 amide bonds. The van der Waals surface area contributed by atoms with Crippen molar-refractivity contribution in [3.05, 3.63) is 66.7 Å². The molecular weight excluding hydrogens is 573 g/mol. The zero-order valence-electron chi connectivity index (χ0n) is 23.5. The van der Waals surface area contributed by atoms with Crippen molar-refractivity contribution in [3.63, 3.8) is 0 Å². The maximum atomic E-state index is 12.5. The van der Waals surface area contributed by atoms with E-state index >= 15 is 0 Å². The Labute approximate surface area is 250 Å². The van der Waals surface area contributed by atoms with Crippen LogP contribution < -0.4 is 27.4 Å². The number of hydrogen-bond donors (Lipinski definition) is 5. The summed E-state index contributed by atoms with van der Waals surface area (Å²) in [5.74, 6) is 3.37. The van der Waals surface area contributed by atoms with Crippen LogP contribution in [-0.4, -0.2) is 66.7 Å². The van der Waals surface area contributed by atoms with Crippen molar-refractivity contribution >= 4 is 51.4 Å². The number of benzene rings is 1. The molecule has 0 bridgehead atoms. The Kier molecular flexibility index (Phi) is 16.0. The fourth-order valence-electron chi connectivity index (χ4n) is 3.23. The molecular formula is C28H43Cl2N5O4S. The Morgan fingerprint density at radius 1 is 0.975 bits per heavy atom. The molecule has 0 heterocycles. The number of hydrogen-bond acceptors (Lipinski definition) is 8. The van der Waals surface area contributed by atoms with Crippen LogP contribution in [-0.2, 0) is 19.1 Å². The second-order valence-electron chi connectivity index (χ2n) is 9.36. The quantitative estimate of drug-likeness (QED) is 0.0689. The van der Waals surface area contributed by atoms with Gasteiger partial charge < -0.3 is 36.9 Å². The molecule has 0 saturated carbocycles. The zero-order valence-corrected chi connectivity index (χ0v) is 25.8. The van der Waals surface area contributed by atoms with Gasteiger partial charge in [0.25, 0.3) is 5.91 Å². The molecule has 0 spiro atoms. The molecule has 0 aliphatic rings. The molecule has 5 atom stereocenters. The van der Waals surface area contributed by atoms with Gasteiger partial charge in [0.05, 0.1) is 12.2 Å². The Hall–Kier alpha value is -2.50. The molecule has 0 aromatic heterocycles. The summed E-state index contributed by atoms with van der Waals surface area (Å²) in [5.41, 5.74) is 13.6. The van der Waals surface area contributed by atoms with E-state index in [2.05, 4.69) is 41.6 Å². The molecule has 7 N–H and O–H groups in total. The lowest BCUT2D eigenvalue weighted by Crippen LogP contribution is -2.45. The third kappa shape index (κ3) is 13.2. The van der Waals surface area contributed by atoms with Crippen molar-refractivity contribution in [2.75, 3.05) is 26.0 Å². The first kappa shape index (κ1) is 35.5. The fourth-order valence-corrected chi connectivity index (χ4v) is 3.95. The number of carbonyl (C=O) groups excluding carboxylic acids is 2. The first-order chi connectivity index (χ1) is 18.7. The van der Waals surface area contributed by atoms with E-state index in [0.717, 1.165) is 10.5 Å². The van der Waals surface area contributed by atoms with E-state index in [0.29, 0.717) is 36.7 Å². The molecule has 1 aromatic carbocycles. The molecule has 0 saturated heterocycles. The van der Waals surface area contributed by atoms with Crippen LogP contribution in [0.15, 0.2) is 66.1 Å². The van der Waals surface area contributed by atoms with Gasteiger partial charge in [-0.3, -0.25) is 9.59 Å². The first-order valence-electron chi connectivity index (χ1n) is 12.7. The van der Waals surface area contributed by atoms with Crippen molar-refractivity contribution in [3.8, 4) is 0 Å². The van der Waals surface area contributed by atoms with Gasteiger partial charge in [0.15, 0.2) is 4.84 Å². The van der Waals surface area contributed by atoms with E-state index in [1.165, 1.54) is 0 Å². The minimum absolute atomic E-state index is 0.0599. The minimum Gasteiger partial charge on any atom is -0.488 e. The second-order valence-corrected chi connectivity index (χ2v) is 12.2. The van der Waals surface area contributed by atoms with Crippen molar-refractivity contribution in [2.45, 2.75) is 60.7 Å². The fraction of sp³-hybridized carbons (Fsp3) is 0.464. The summed E-state index contributed by atoms with van der Waals surface area (Å²) in [6, 6.07) is 6.32. The Morgan fingerprint density at radius 3 is 1.98 bits per heavy atom. The van der Waals surface area contributed by atoms with Crippen LogP contribution in [0.3, 0.4) is 0 Å². The molecule has 5 unspecified atom stereocenters. The number of rotatable bonds is 19. The van der Waals surface area contributed by atoms with Crippen molar-refractivity contribution in [1.29, 1.82) is 0 Å². The topological polar surface area (TPSA) is 141 Å². The van der Waals surface area contributed by atoms with Gasteiger partial charge in [-0.2, -0.15) is 10.5 Å². The normalized spacial score (nSPS) is 14.7. The van der Waals surface area contributed by atoms with Crippen molar-refractivity contribution in [2.24, 2.45) is 11.5 Å². The van der Waals surface area contributed by atoms with E-state index in [1.807, 2.05) is 37.4 Å². The zero-order chi connectivity index (χ0) is 30.4. The van der Waals surface area contributed by atoms with E-state index in [1.54, 1.807) is 6.92 Å². The summed E-state index contributed by atoms with van der Waals surface area (Å²) < 4.78 is 11.8. The largest absolute Gasteiger partial charge is 0.488 e. The molecule has 224 valence electrons. The highest BCUT2D eigenvalue weighted by Crippen LogP contribution is 2.29. The Balaban J connectivity index is 3.12. The van der Waals surface area contributed by atoms with Gasteiger partial charge in [0, 0.05) is 47.9 Å². The summed E-state index contributed by atoms with van der Waals surface area (Å²) in [6.07, 6.45) is 1.72. The van der Waals surface area contributed by atoms with E-state index in [4.69, 9.17) is 44.1 Å². The lowest BCUT2D eigenvalue weighted by Gasteiger charge is -2.30. The van der Waals surface area contributed by atoms with Crippen molar-refractivity contribution in [1.82, 2.24) is 16.0 Å². The minimum atomic E-state index is -1.33. The smallest absolute Gasteiger partial charge is 0.307 e. The van der Waals surface area contributed by atoms with Gasteiger partial charge in [-0.25, -0.2) is 0 Å². The van der Waals surface area contributed by atoms with Crippen LogP contribution in [0.5, 0.6) is 0 Å². The maximum absolute atomic E-state index is 12.5. The summed E-state index contributed by atoms with van der Waals surface area (Å²) in [4.78, 5) is 24.7. The summed E-state index contributed by atoms with van der Waals surface area (Å²) in [5, 5.41) is 8.86. The lowest BCUT2D eigenvalue weighted by atomic mass is 10.0. The molecule has 9 nitrogen and oxygen atoms in total. The van der Waals surface area contributed by atoms with Crippen LogP contribution in [0.2, 0.25) is 0 Å². The summed E-state index contributed by atoms with van der Waals surface area (Å²) in [7, 11) is -0.199. The lowest BCUT2D eigenvalue weighted by molar-refractivity contribution is -0.146. The van der Waals surface area contributed by atoms with Crippen LogP contribution in [0, 0.1) is 0 Å². The van der Waals surface area contributed by atoms with E-state index < -0.39 is 28.9 Å². The first-order valence-corrected chi connectivity index (χ1v) is 15.4. The summed E-state index contributed by atoms with van der Waals surface area (Å²) >= 11 is 11.6. The average Bonchev–Trinajstić information content (AvgIpc) is 2.89. The number of nitrogens with two attached hydrogens (primary N) is 2. The third-order valence-corrected chi connectivity index (χ3v) is 7.23. The highest BCUT2D eigenvalue weighted by molar-refractivity contribution is 8.13. The van der Waals surface area contributed by atoms with Crippen LogP contribution in [0.25, 0.3) is 0 Å². The third-order valence-electron chi connectivity index (χ3n) is 5.76. The van der Waals surface area contributed by atoms with Crippen molar-refractivity contribution < 1.29 is 19.1 Å². The monoisotopic (exact) mass is 615 g/mol. The summed E-state index contributed by atoms with van der Waals surface area (Å²) in [6.45, 7) is 15.9. The molecule has 0 aliphatic heterocycles. The van der Waals surface area contributed by atoms with Gasteiger partial charge in [-0.05, 0) is 37.8 Å². The number of halogens is 2. The average molecular weight is 617 g/mol. The highest BCUT2D eigenvalue weighted by atomic mass is 35.5. The Bertz CT molecular complexity index is 1050. The van der Waals surface area contributed by atoms with Gasteiger partial charge >= 0.3 is 5.97 Å². The standard InChI is InChI=1S/C28H43Cl2N5O4S/c1-17(12-14-33-20(4)18(2)31)39-26(22-8-10-23(11-9-22)40(6)7)24(35-28(37)27(29)30)16-38-25(36)13-15-34-21(5)19(3)32/h8-11,18-19,24,26-27,33-34H,1,4-6,12-16,31-32H2,2-3,7H3,(H,35,37). The van der Waals surface area contributed by atoms with E-state index in [-0.39, 0.29) is 35.6 Å². The van der Waals surface area contributed by atoms with Gasteiger partial charge in [0.1, 0.15) is 18.8 Å². The van der Waals surface area contributed by atoms with E-state index in [9.17, 15) is 9.59 Å². The van der Waals surface area contributed by atoms with Gasteiger partial charge in [0.2, 0.25) is 0 Å². The number of nitrogens with one attached hydrogen (secondary N) is 3. The molecule has 1 rings (SSSR count). The van der Waals surface area contributed by atoms with Crippen LogP contribution >= 0.6 is 33.7 Å². The van der Waals surface area contributed by atoms with Crippen LogP contribution in [0.1, 0.15) is 38.4 Å². The predicted molar refractivity (Wildman–Crippen MR) is 168 cm³/mol. The molecule has 0 aliphatic carbocycles.